The molecular weight excluding hydrogens is 368 g/mol. The van der Waals surface area contributed by atoms with Gasteiger partial charge in [-0.25, -0.2) is 4.79 Å². The number of carbonyl (C=O) groups excluding carboxylic acids is 2. The van der Waals surface area contributed by atoms with Crippen LogP contribution in [0.15, 0.2) is 24.5 Å². The molecule has 3 rings (SSSR count). The number of hydrogen-bond acceptors (Lipinski definition) is 5. The molecule has 2 aromatic rings. The van der Waals surface area contributed by atoms with Gasteiger partial charge in [0.25, 0.3) is 0 Å². The summed E-state index contributed by atoms with van der Waals surface area (Å²) in [4.78, 5) is 31.2. The molecule has 1 aliphatic rings. The van der Waals surface area contributed by atoms with Crippen molar-refractivity contribution in [1.82, 2.24) is 19.7 Å². The van der Waals surface area contributed by atoms with E-state index in [1.165, 1.54) is 5.56 Å². The normalized spacial score (nSPS) is 13.9. The molecule has 0 N–H and O–H groups in total. The average Bonchev–Trinajstić information content (AvgIpc) is 3.06. The summed E-state index contributed by atoms with van der Waals surface area (Å²) < 4.78 is 7.15. The van der Waals surface area contributed by atoms with E-state index in [9.17, 15) is 9.59 Å². The van der Waals surface area contributed by atoms with Crippen LogP contribution in [0, 0.1) is 5.41 Å². The van der Waals surface area contributed by atoms with Crippen LogP contribution < -0.4 is 0 Å². The highest BCUT2D eigenvalue weighted by atomic mass is 16.5. The smallest absolute Gasteiger partial charge is 0.359 e. The third-order valence-corrected chi connectivity index (χ3v) is 5.09. The molecule has 0 saturated heterocycles. The molecule has 1 amide bonds. The molecule has 7 nitrogen and oxygen atoms in total. The minimum Gasteiger partial charge on any atom is -0.461 e. The van der Waals surface area contributed by atoms with Crippen LogP contribution in [0.4, 0.5) is 0 Å². The van der Waals surface area contributed by atoms with Crippen molar-refractivity contribution in [3.05, 3.63) is 47.0 Å². The van der Waals surface area contributed by atoms with E-state index in [-0.39, 0.29) is 5.91 Å². The second-order valence-electron chi connectivity index (χ2n) is 8.41. The zero-order valence-electron chi connectivity index (χ0n) is 17.8. The molecule has 0 aromatic carbocycles. The van der Waals surface area contributed by atoms with Crippen LogP contribution in [0.1, 0.15) is 61.4 Å². The van der Waals surface area contributed by atoms with E-state index < -0.39 is 11.4 Å². The highest BCUT2D eigenvalue weighted by Crippen LogP contribution is 2.27. The Hall–Kier alpha value is -2.70. The van der Waals surface area contributed by atoms with Crippen molar-refractivity contribution in [3.8, 4) is 0 Å². The number of hydrogen-bond donors (Lipinski definition) is 0. The third-order valence-electron chi connectivity index (χ3n) is 5.09. The van der Waals surface area contributed by atoms with Gasteiger partial charge in [-0.1, -0.05) is 26.8 Å². The molecule has 156 valence electrons. The summed E-state index contributed by atoms with van der Waals surface area (Å²) in [7, 11) is 0. The van der Waals surface area contributed by atoms with Crippen molar-refractivity contribution in [2.45, 2.75) is 60.0 Å². The van der Waals surface area contributed by atoms with E-state index >= 15 is 0 Å². The minimum atomic E-state index is -0.457. The minimum absolute atomic E-state index is 0.0855. The predicted octanol–water partition coefficient (Wildman–Crippen LogP) is 3.02. The van der Waals surface area contributed by atoms with Crippen LogP contribution in [0.2, 0.25) is 0 Å². The first-order chi connectivity index (χ1) is 13.8. The molecule has 0 saturated carbocycles. The van der Waals surface area contributed by atoms with Gasteiger partial charge in [0.05, 0.1) is 6.61 Å². The molecule has 0 spiro atoms. The third kappa shape index (κ3) is 4.83. The van der Waals surface area contributed by atoms with Crippen molar-refractivity contribution in [2.24, 2.45) is 5.41 Å². The zero-order chi connectivity index (χ0) is 21.0. The number of aromatic nitrogens is 3. The Labute approximate surface area is 172 Å². The molecule has 7 heteroatoms. The van der Waals surface area contributed by atoms with Crippen LogP contribution in [-0.4, -0.2) is 44.7 Å². The summed E-state index contributed by atoms with van der Waals surface area (Å²) in [5, 5.41) is 4.59. The molecule has 0 aliphatic carbocycles. The topological polar surface area (TPSA) is 77.3 Å². The number of amides is 1. The van der Waals surface area contributed by atoms with Gasteiger partial charge in [0.15, 0.2) is 5.69 Å². The Morgan fingerprint density at radius 3 is 2.72 bits per heavy atom. The Bertz CT molecular complexity index is 868. The van der Waals surface area contributed by atoms with Gasteiger partial charge in [0, 0.05) is 55.1 Å². The van der Waals surface area contributed by atoms with E-state index in [1.807, 2.05) is 42.6 Å². The number of aryl methyl sites for hydroxylation is 2. The summed E-state index contributed by atoms with van der Waals surface area (Å²) in [6, 6.07) is 4.00. The lowest BCUT2D eigenvalue weighted by molar-refractivity contribution is -0.140. The fourth-order valence-corrected chi connectivity index (χ4v) is 3.67. The maximum absolute atomic E-state index is 12.7. The summed E-state index contributed by atoms with van der Waals surface area (Å²) >= 11 is 0. The average molecular weight is 399 g/mol. The summed E-state index contributed by atoms with van der Waals surface area (Å²) in [5.74, 6) is -0.331. The Kier molecular flexibility index (Phi) is 6.35. The first-order valence-electron chi connectivity index (χ1n) is 10.2. The number of nitrogens with zero attached hydrogens (tertiary/aromatic N) is 4. The van der Waals surface area contributed by atoms with Gasteiger partial charge in [-0.05, 0) is 31.4 Å². The van der Waals surface area contributed by atoms with E-state index in [0.717, 1.165) is 24.1 Å². The molecule has 1 aliphatic heterocycles. The number of esters is 1. The van der Waals surface area contributed by atoms with Crippen molar-refractivity contribution in [1.29, 1.82) is 0 Å². The molecule has 29 heavy (non-hydrogen) atoms. The van der Waals surface area contributed by atoms with E-state index in [4.69, 9.17) is 4.74 Å². The van der Waals surface area contributed by atoms with Crippen LogP contribution in [0.25, 0.3) is 0 Å². The van der Waals surface area contributed by atoms with Crippen LogP contribution in [0.3, 0.4) is 0 Å². The second kappa shape index (κ2) is 8.76. The fourth-order valence-electron chi connectivity index (χ4n) is 3.67. The summed E-state index contributed by atoms with van der Waals surface area (Å²) in [5.41, 5.74) is 2.93. The molecule has 0 bridgehead atoms. The number of ether oxygens (including phenoxy) is 1. The molecule has 0 fully saturated rings. The number of pyridine rings is 1. The Morgan fingerprint density at radius 1 is 1.28 bits per heavy atom. The maximum atomic E-state index is 12.7. The van der Waals surface area contributed by atoms with Gasteiger partial charge in [0.2, 0.25) is 5.91 Å². The van der Waals surface area contributed by atoms with Crippen LogP contribution >= 0.6 is 0 Å². The number of rotatable bonds is 6. The van der Waals surface area contributed by atoms with Gasteiger partial charge in [0.1, 0.15) is 0 Å². The number of fused-ring (bicyclic) bond motifs is 1. The Balaban J connectivity index is 1.80. The Morgan fingerprint density at radius 2 is 2.07 bits per heavy atom. The van der Waals surface area contributed by atoms with Crippen molar-refractivity contribution < 1.29 is 14.3 Å². The summed E-state index contributed by atoms with van der Waals surface area (Å²) in [6.45, 7) is 9.58. The van der Waals surface area contributed by atoms with Crippen molar-refractivity contribution in [2.75, 3.05) is 13.2 Å². The molecule has 2 aromatic heterocycles. The first kappa shape index (κ1) is 21.0. The van der Waals surface area contributed by atoms with Crippen molar-refractivity contribution in [3.63, 3.8) is 0 Å². The van der Waals surface area contributed by atoms with Gasteiger partial charge in [-0.3, -0.25) is 14.5 Å². The van der Waals surface area contributed by atoms with Gasteiger partial charge >= 0.3 is 5.97 Å². The zero-order valence-corrected chi connectivity index (χ0v) is 17.8. The lowest BCUT2D eigenvalue weighted by Gasteiger charge is -2.32. The first-order valence-corrected chi connectivity index (χ1v) is 10.2. The monoisotopic (exact) mass is 398 g/mol. The lowest BCUT2D eigenvalue weighted by atomic mass is 9.93. The fraction of sp³-hybridized carbons (Fsp3) is 0.545. The van der Waals surface area contributed by atoms with E-state index in [1.54, 1.807) is 13.1 Å². The SMILES string of the molecule is CCOC(=O)c1nn(CCCc2cccnc2)c2c1CN(C(=O)C(C)(C)C)CC2. The molecule has 0 radical (unpaired) electrons. The van der Waals surface area contributed by atoms with Gasteiger partial charge < -0.3 is 9.64 Å². The van der Waals surface area contributed by atoms with Crippen LogP contribution in [0.5, 0.6) is 0 Å². The molecule has 0 unspecified atom stereocenters. The van der Waals surface area contributed by atoms with E-state index in [2.05, 4.69) is 16.1 Å². The largest absolute Gasteiger partial charge is 0.461 e. The van der Waals surface area contributed by atoms with E-state index in [0.29, 0.717) is 38.4 Å². The highest BCUT2D eigenvalue weighted by Gasteiger charge is 2.34. The molecular formula is C22H30N4O3. The van der Waals surface area contributed by atoms with Gasteiger partial charge in [-0.15, -0.1) is 0 Å². The van der Waals surface area contributed by atoms with Gasteiger partial charge in [-0.2, -0.15) is 5.10 Å². The lowest BCUT2D eigenvalue weighted by Crippen LogP contribution is -2.42. The quantitative estimate of drug-likeness (QED) is 0.699. The predicted molar refractivity (Wildman–Crippen MR) is 109 cm³/mol. The number of carbonyl (C=O) groups is 2. The van der Waals surface area contributed by atoms with Crippen LogP contribution in [-0.2, 0) is 35.5 Å². The van der Waals surface area contributed by atoms with Crippen molar-refractivity contribution >= 4 is 11.9 Å². The maximum Gasteiger partial charge on any atom is 0.359 e. The summed E-state index contributed by atoms with van der Waals surface area (Å²) in [6.07, 6.45) is 6.12. The highest BCUT2D eigenvalue weighted by molar-refractivity contribution is 5.90. The molecule has 3 heterocycles. The standard InChI is InChI=1S/C22H30N4O3/c1-5-29-20(27)19-17-15-25(21(28)22(2,3)4)13-10-18(17)26(24-19)12-7-9-16-8-6-11-23-14-16/h6,8,11,14H,5,7,9-10,12-13,15H2,1-4H3. The molecule has 0 atom stereocenters. The second-order valence-corrected chi connectivity index (χ2v) is 8.41.